The monoisotopic (exact) mass is 397 g/mol. The molecule has 150 valence electrons. The second-order valence-electron chi connectivity index (χ2n) is 7.19. The highest BCUT2D eigenvalue weighted by molar-refractivity contribution is 5.95. The van der Waals surface area contributed by atoms with E-state index < -0.39 is 11.6 Å². The van der Waals surface area contributed by atoms with Crippen LogP contribution in [0.15, 0.2) is 49.1 Å². The molecule has 2 heterocycles. The number of amides is 1. The van der Waals surface area contributed by atoms with Crippen LogP contribution in [0.1, 0.15) is 33.8 Å². The summed E-state index contributed by atoms with van der Waals surface area (Å²) in [6, 6.07) is 9.09. The fraction of sp³-hybridized carbons (Fsp3) is 0.286. The molecule has 1 amide bonds. The van der Waals surface area contributed by atoms with Crippen LogP contribution in [0.3, 0.4) is 0 Å². The van der Waals surface area contributed by atoms with Gasteiger partial charge in [0.2, 0.25) is 0 Å². The number of halogens is 2. The lowest BCUT2D eigenvalue weighted by atomic mass is 9.85. The molecule has 1 aliphatic heterocycles. The highest BCUT2D eigenvalue weighted by Crippen LogP contribution is 2.27. The zero-order chi connectivity index (χ0) is 20.4. The molecule has 29 heavy (non-hydrogen) atoms. The van der Waals surface area contributed by atoms with E-state index in [1.54, 1.807) is 29.2 Å². The molecule has 0 saturated carbocycles. The third-order valence-electron chi connectivity index (χ3n) is 5.29. The van der Waals surface area contributed by atoms with Crippen molar-refractivity contribution < 1.29 is 13.6 Å². The SMILES string of the molecule is Cc1cc(C(=O)NC2CNCCC2c2ccc(F)c(F)c2)ccc1-n1cncn1. The van der Waals surface area contributed by atoms with Gasteiger partial charge in [0.1, 0.15) is 12.7 Å². The number of hydrogen-bond acceptors (Lipinski definition) is 4. The largest absolute Gasteiger partial charge is 0.347 e. The number of hydrogen-bond donors (Lipinski definition) is 2. The minimum absolute atomic E-state index is 0.0918. The van der Waals surface area contributed by atoms with Gasteiger partial charge in [-0.15, -0.1) is 0 Å². The van der Waals surface area contributed by atoms with Crippen molar-refractivity contribution in [2.45, 2.75) is 25.3 Å². The fourth-order valence-corrected chi connectivity index (χ4v) is 3.79. The number of carbonyl (C=O) groups excluding carboxylic acids is 1. The number of benzene rings is 2. The first-order valence-corrected chi connectivity index (χ1v) is 9.45. The van der Waals surface area contributed by atoms with Crippen LogP contribution in [0.25, 0.3) is 5.69 Å². The predicted octanol–water partition coefficient (Wildman–Crippen LogP) is 2.73. The molecule has 1 saturated heterocycles. The Bertz CT molecular complexity index is 1020. The van der Waals surface area contributed by atoms with Crippen LogP contribution in [-0.2, 0) is 0 Å². The van der Waals surface area contributed by atoms with E-state index in [4.69, 9.17) is 0 Å². The molecule has 2 aromatic carbocycles. The number of piperidine rings is 1. The second kappa shape index (κ2) is 8.08. The molecule has 0 radical (unpaired) electrons. The van der Waals surface area contributed by atoms with Crippen LogP contribution in [0.2, 0.25) is 0 Å². The highest BCUT2D eigenvalue weighted by atomic mass is 19.2. The maximum absolute atomic E-state index is 13.7. The third-order valence-corrected chi connectivity index (χ3v) is 5.29. The van der Waals surface area contributed by atoms with Gasteiger partial charge in [0.25, 0.3) is 5.91 Å². The Kier molecular flexibility index (Phi) is 5.35. The molecule has 0 aliphatic carbocycles. The minimum Gasteiger partial charge on any atom is -0.347 e. The summed E-state index contributed by atoms with van der Waals surface area (Å²) in [5.41, 5.74) is 2.95. The maximum Gasteiger partial charge on any atom is 0.251 e. The van der Waals surface area contributed by atoms with E-state index >= 15 is 0 Å². The van der Waals surface area contributed by atoms with Crippen LogP contribution in [0, 0.1) is 18.6 Å². The van der Waals surface area contributed by atoms with Crippen molar-refractivity contribution >= 4 is 5.91 Å². The summed E-state index contributed by atoms with van der Waals surface area (Å²) in [4.78, 5) is 16.8. The van der Waals surface area contributed by atoms with Gasteiger partial charge in [0.15, 0.2) is 11.6 Å². The molecule has 3 aromatic rings. The van der Waals surface area contributed by atoms with Gasteiger partial charge < -0.3 is 10.6 Å². The fourth-order valence-electron chi connectivity index (χ4n) is 3.79. The Balaban J connectivity index is 1.53. The Labute approximate surface area is 167 Å². The van der Waals surface area contributed by atoms with Crippen LogP contribution in [0.5, 0.6) is 0 Å². The Morgan fingerprint density at radius 1 is 1.21 bits per heavy atom. The standard InChI is InChI=1S/C21H21F2N5O/c1-13-8-15(3-5-20(13)28-12-25-11-26-28)21(29)27-19-10-24-7-6-16(19)14-2-4-17(22)18(23)9-14/h2-5,8-9,11-12,16,19,24H,6-7,10H2,1H3,(H,27,29). The summed E-state index contributed by atoms with van der Waals surface area (Å²) >= 11 is 0. The number of carbonyl (C=O) groups is 1. The van der Waals surface area contributed by atoms with Gasteiger partial charge in [0, 0.05) is 24.1 Å². The van der Waals surface area contributed by atoms with E-state index in [2.05, 4.69) is 20.7 Å². The third kappa shape index (κ3) is 4.02. The number of aryl methyl sites for hydroxylation is 1. The van der Waals surface area contributed by atoms with Crippen molar-refractivity contribution in [2.24, 2.45) is 0 Å². The lowest BCUT2D eigenvalue weighted by Crippen LogP contribution is -2.50. The first kappa shape index (κ1) is 19.2. The van der Waals surface area contributed by atoms with Crippen molar-refractivity contribution in [1.82, 2.24) is 25.4 Å². The van der Waals surface area contributed by atoms with Crippen molar-refractivity contribution in [3.8, 4) is 5.69 Å². The summed E-state index contributed by atoms with van der Waals surface area (Å²) in [5.74, 6) is -2.04. The Hall–Kier alpha value is -3.13. The van der Waals surface area contributed by atoms with Crippen LogP contribution in [-0.4, -0.2) is 39.8 Å². The summed E-state index contributed by atoms with van der Waals surface area (Å²) in [5, 5.41) is 10.4. The molecule has 2 atom stereocenters. The molecular formula is C21H21F2N5O. The minimum atomic E-state index is -0.870. The molecule has 4 rings (SSSR count). The van der Waals surface area contributed by atoms with Crippen molar-refractivity contribution in [3.63, 3.8) is 0 Å². The number of nitrogens with zero attached hydrogens (tertiary/aromatic N) is 3. The highest BCUT2D eigenvalue weighted by Gasteiger charge is 2.28. The van der Waals surface area contributed by atoms with Crippen molar-refractivity contribution in [1.29, 1.82) is 0 Å². The number of rotatable bonds is 4. The average molecular weight is 397 g/mol. The Morgan fingerprint density at radius 3 is 2.79 bits per heavy atom. The summed E-state index contributed by atoms with van der Waals surface area (Å²) < 4.78 is 28.6. The van der Waals surface area contributed by atoms with Crippen LogP contribution in [0.4, 0.5) is 8.78 Å². The number of aromatic nitrogens is 3. The average Bonchev–Trinajstić information content (AvgIpc) is 3.25. The lowest BCUT2D eigenvalue weighted by molar-refractivity contribution is 0.0924. The predicted molar refractivity (Wildman–Crippen MR) is 104 cm³/mol. The van der Waals surface area contributed by atoms with Gasteiger partial charge >= 0.3 is 0 Å². The van der Waals surface area contributed by atoms with Crippen molar-refractivity contribution in [3.05, 3.63) is 77.4 Å². The van der Waals surface area contributed by atoms with E-state index in [-0.39, 0.29) is 17.9 Å². The summed E-state index contributed by atoms with van der Waals surface area (Å²) in [7, 11) is 0. The van der Waals surface area contributed by atoms with E-state index in [0.717, 1.165) is 30.3 Å². The lowest BCUT2D eigenvalue weighted by Gasteiger charge is -2.33. The summed E-state index contributed by atoms with van der Waals surface area (Å²) in [6.45, 7) is 3.22. The first-order chi connectivity index (χ1) is 14.0. The van der Waals surface area contributed by atoms with Crippen LogP contribution >= 0.6 is 0 Å². The summed E-state index contributed by atoms with van der Waals surface area (Å²) in [6.07, 6.45) is 3.77. The molecule has 0 bridgehead atoms. The maximum atomic E-state index is 13.7. The van der Waals surface area contributed by atoms with Crippen molar-refractivity contribution in [2.75, 3.05) is 13.1 Å². The van der Waals surface area contributed by atoms with Gasteiger partial charge in [-0.2, -0.15) is 5.10 Å². The topological polar surface area (TPSA) is 71.8 Å². The molecule has 8 heteroatoms. The number of nitrogens with one attached hydrogen (secondary N) is 2. The smallest absolute Gasteiger partial charge is 0.251 e. The van der Waals surface area contributed by atoms with E-state index in [1.807, 2.05) is 13.0 Å². The van der Waals surface area contributed by atoms with Gasteiger partial charge in [-0.25, -0.2) is 18.4 Å². The Morgan fingerprint density at radius 2 is 2.07 bits per heavy atom. The molecule has 1 aliphatic rings. The first-order valence-electron chi connectivity index (χ1n) is 9.45. The molecule has 1 fully saturated rings. The zero-order valence-electron chi connectivity index (χ0n) is 15.9. The molecule has 0 spiro atoms. The van der Waals surface area contributed by atoms with Crippen LogP contribution < -0.4 is 10.6 Å². The normalized spacial score (nSPS) is 19.1. The quantitative estimate of drug-likeness (QED) is 0.710. The van der Waals surface area contributed by atoms with E-state index in [9.17, 15) is 13.6 Å². The molecule has 2 unspecified atom stereocenters. The van der Waals surface area contributed by atoms with Gasteiger partial charge in [-0.3, -0.25) is 4.79 Å². The van der Waals surface area contributed by atoms with Gasteiger partial charge in [-0.05, 0) is 61.3 Å². The second-order valence-corrected chi connectivity index (χ2v) is 7.19. The zero-order valence-corrected chi connectivity index (χ0v) is 15.9. The van der Waals surface area contributed by atoms with Gasteiger partial charge in [-0.1, -0.05) is 6.07 Å². The van der Waals surface area contributed by atoms with E-state index in [1.165, 1.54) is 12.4 Å². The van der Waals surface area contributed by atoms with E-state index in [0.29, 0.717) is 17.7 Å². The molecule has 1 aromatic heterocycles. The molecule has 2 N–H and O–H groups in total. The molecule has 6 nitrogen and oxygen atoms in total. The molecular weight excluding hydrogens is 376 g/mol. The van der Waals surface area contributed by atoms with Gasteiger partial charge in [0.05, 0.1) is 5.69 Å².